The summed E-state index contributed by atoms with van der Waals surface area (Å²) < 4.78 is 2.16. The molecule has 3 rings (SSSR count). The number of nitrogens with two attached hydrogens (primary N) is 1. The summed E-state index contributed by atoms with van der Waals surface area (Å²) in [6.07, 6.45) is 7.92. The Hall–Kier alpha value is -1.29. The molecular weight excluding hydrogens is 250 g/mol. The molecule has 1 amide bonds. The maximum absolute atomic E-state index is 12.9. The van der Waals surface area contributed by atoms with Crippen molar-refractivity contribution in [2.45, 2.75) is 51.1 Å². The van der Waals surface area contributed by atoms with E-state index >= 15 is 0 Å². The minimum Gasteiger partial charge on any atom is -0.340 e. The summed E-state index contributed by atoms with van der Waals surface area (Å²) in [7, 11) is 0. The zero-order valence-electron chi connectivity index (χ0n) is 12.3. The highest BCUT2D eigenvalue weighted by Crippen LogP contribution is 2.37. The number of hydrogen-bond donors (Lipinski definition) is 1. The van der Waals surface area contributed by atoms with Gasteiger partial charge >= 0.3 is 0 Å². The summed E-state index contributed by atoms with van der Waals surface area (Å²) >= 11 is 0. The van der Waals surface area contributed by atoms with E-state index in [4.69, 9.17) is 5.73 Å². The smallest absolute Gasteiger partial charge is 0.270 e. The first-order valence-corrected chi connectivity index (χ1v) is 7.94. The van der Waals surface area contributed by atoms with Crippen molar-refractivity contribution < 1.29 is 4.79 Å². The van der Waals surface area contributed by atoms with Crippen LogP contribution in [-0.4, -0.2) is 34.5 Å². The zero-order chi connectivity index (χ0) is 14.1. The molecule has 2 saturated carbocycles. The third-order valence-electron chi connectivity index (χ3n) is 4.86. The summed E-state index contributed by atoms with van der Waals surface area (Å²) in [5, 5.41) is 0. The largest absolute Gasteiger partial charge is 0.340 e. The first-order valence-electron chi connectivity index (χ1n) is 7.94. The van der Waals surface area contributed by atoms with Gasteiger partial charge < -0.3 is 15.2 Å². The lowest BCUT2D eigenvalue weighted by Gasteiger charge is -2.32. The third kappa shape index (κ3) is 2.37. The van der Waals surface area contributed by atoms with Crippen molar-refractivity contribution in [1.82, 2.24) is 9.47 Å². The third-order valence-corrected chi connectivity index (χ3v) is 4.86. The molecule has 0 bridgehead atoms. The lowest BCUT2D eigenvalue weighted by molar-refractivity contribution is 0.0640. The Labute approximate surface area is 120 Å². The van der Waals surface area contributed by atoms with Gasteiger partial charge in [-0.3, -0.25) is 4.79 Å². The molecule has 2 N–H and O–H groups in total. The summed E-state index contributed by atoms with van der Waals surface area (Å²) in [5.41, 5.74) is 6.74. The number of aromatic nitrogens is 1. The Morgan fingerprint density at radius 1 is 1.40 bits per heavy atom. The molecule has 0 aromatic carbocycles. The van der Waals surface area contributed by atoms with Gasteiger partial charge in [-0.05, 0) is 57.2 Å². The fourth-order valence-electron chi connectivity index (χ4n) is 3.62. The van der Waals surface area contributed by atoms with Gasteiger partial charge in [-0.2, -0.15) is 0 Å². The number of carbonyl (C=O) groups is 1. The van der Waals surface area contributed by atoms with Crippen molar-refractivity contribution >= 4 is 5.91 Å². The summed E-state index contributed by atoms with van der Waals surface area (Å²) in [6.45, 7) is 3.54. The standard InChI is InChI=1S/C16H25N3O/c1-2-18(14-6-3-5-12(14)11-17)16(20)15-7-4-10-19(15)13-8-9-13/h4,7,10,12-14H,2-3,5-6,8-9,11,17H2,1H3. The number of amides is 1. The lowest BCUT2D eigenvalue weighted by Crippen LogP contribution is -2.44. The molecule has 4 heteroatoms. The molecule has 0 radical (unpaired) electrons. The normalized spacial score (nSPS) is 25.9. The average Bonchev–Trinajstić information content (AvgIpc) is 3.02. The Morgan fingerprint density at radius 2 is 2.20 bits per heavy atom. The molecule has 1 aromatic rings. The molecule has 2 fully saturated rings. The average molecular weight is 275 g/mol. The van der Waals surface area contributed by atoms with Crippen LogP contribution in [0.15, 0.2) is 18.3 Å². The van der Waals surface area contributed by atoms with E-state index in [9.17, 15) is 4.79 Å². The van der Waals surface area contributed by atoms with Gasteiger partial charge in [-0.25, -0.2) is 0 Å². The molecule has 20 heavy (non-hydrogen) atoms. The van der Waals surface area contributed by atoms with E-state index in [1.165, 1.54) is 19.3 Å². The summed E-state index contributed by atoms with van der Waals surface area (Å²) in [5.74, 6) is 0.665. The van der Waals surface area contributed by atoms with E-state index in [1.807, 2.05) is 18.3 Å². The highest BCUT2D eigenvalue weighted by molar-refractivity contribution is 5.93. The molecule has 4 nitrogen and oxygen atoms in total. The van der Waals surface area contributed by atoms with Gasteiger partial charge in [0.2, 0.25) is 0 Å². The molecule has 2 aliphatic carbocycles. The maximum Gasteiger partial charge on any atom is 0.270 e. The van der Waals surface area contributed by atoms with Gasteiger partial charge in [0.15, 0.2) is 0 Å². The van der Waals surface area contributed by atoms with Gasteiger partial charge in [0, 0.05) is 24.8 Å². The van der Waals surface area contributed by atoms with Crippen molar-refractivity contribution in [3.63, 3.8) is 0 Å². The number of rotatable bonds is 5. The first-order chi connectivity index (χ1) is 9.76. The number of nitrogens with zero attached hydrogens (tertiary/aromatic N) is 2. The molecule has 110 valence electrons. The van der Waals surface area contributed by atoms with Gasteiger partial charge in [-0.15, -0.1) is 0 Å². The van der Waals surface area contributed by atoms with Crippen molar-refractivity contribution in [2.24, 2.45) is 11.7 Å². The van der Waals surface area contributed by atoms with Crippen molar-refractivity contribution in [3.05, 3.63) is 24.0 Å². The van der Waals surface area contributed by atoms with Crippen LogP contribution in [-0.2, 0) is 0 Å². The van der Waals surface area contributed by atoms with Crippen molar-refractivity contribution in [2.75, 3.05) is 13.1 Å². The predicted molar refractivity (Wildman–Crippen MR) is 79.6 cm³/mol. The fraction of sp³-hybridized carbons (Fsp3) is 0.688. The summed E-state index contributed by atoms with van der Waals surface area (Å²) in [4.78, 5) is 15.0. The number of carbonyl (C=O) groups excluding carboxylic acids is 1. The van der Waals surface area contributed by atoms with E-state index in [2.05, 4.69) is 16.4 Å². The molecule has 0 saturated heterocycles. The monoisotopic (exact) mass is 275 g/mol. The van der Waals surface area contributed by atoms with Crippen LogP contribution in [0.5, 0.6) is 0 Å². The Bertz CT molecular complexity index is 478. The molecule has 0 spiro atoms. The highest BCUT2D eigenvalue weighted by atomic mass is 16.2. The van der Waals surface area contributed by atoms with Gasteiger partial charge in [0.25, 0.3) is 5.91 Å². The molecular formula is C16H25N3O. The lowest BCUT2D eigenvalue weighted by atomic mass is 10.0. The van der Waals surface area contributed by atoms with Crippen LogP contribution in [0.1, 0.15) is 55.6 Å². The van der Waals surface area contributed by atoms with E-state index in [1.54, 1.807) is 0 Å². The van der Waals surface area contributed by atoms with Gasteiger partial charge in [0.05, 0.1) is 0 Å². The maximum atomic E-state index is 12.9. The van der Waals surface area contributed by atoms with Crippen LogP contribution in [0.2, 0.25) is 0 Å². The second-order valence-electron chi connectivity index (χ2n) is 6.12. The molecule has 2 atom stereocenters. The molecule has 1 heterocycles. The van der Waals surface area contributed by atoms with Crippen molar-refractivity contribution in [3.8, 4) is 0 Å². The minimum atomic E-state index is 0.190. The van der Waals surface area contributed by atoms with E-state index < -0.39 is 0 Å². The predicted octanol–water partition coefficient (Wildman–Crippen LogP) is 2.41. The van der Waals surface area contributed by atoms with E-state index in [0.29, 0.717) is 24.5 Å². The Morgan fingerprint density at radius 3 is 2.85 bits per heavy atom. The van der Waals surface area contributed by atoms with E-state index in [0.717, 1.165) is 25.1 Å². The van der Waals surface area contributed by atoms with Gasteiger partial charge in [0.1, 0.15) is 5.69 Å². The SMILES string of the molecule is CCN(C(=O)c1cccn1C1CC1)C1CCCC1CN. The topological polar surface area (TPSA) is 51.3 Å². The Balaban J connectivity index is 1.81. The van der Waals surface area contributed by atoms with Crippen molar-refractivity contribution in [1.29, 1.82) is 0 Å². The highest BCUT2D eigenvalue weighted by Gasteiger charge is 2.35. The number of hydrogen-bond acceptors (Lipinski definition) is 2. The van der Waals surface area contributed by atoms with E-state index in [-0.39, 0.29) is 5.91 Å². The van der Waals surface area contributed by atoms with Crippen LogP contribution >= 0.6 is 0 Å². The van der Waals surface area contributed by atoms with Crippen LogP contribution < -0.4 is 5.73 Å². The molecule has 2 unspecified atom stereocenters. The quantitative estimate of drug-likeness (QED) is 0.897. The molecule has 2 aliphatic rings. The van der Waals surface area contributed by atoms with Crippen LogP contribution in [0.25, 0.3) is 0 Å². The fourth-order valence-corrected chi connectivity index (χ4v) is 3.62. The van der Waals surface area contributed by atoms with Crippen LogP contribution in [0.3, 0.4) is 0 Å². The zero-order valence-corrected chi connectivity index (χ0v) is 12.3. The second-order valence-corrected chi connectivity index (χ2v) is 6.12. The minimum absolute atomic E-state index is 0.190. The molecule has 1 aromatic heterocycles. The van der Waals surface area contributed by atoms with Crippen LogP contribution in [0, 0.1) is 5.92 Å². The summed E-state index contributed by atoms with van der Waals surface area (Å²) in [6, 6.07) is 4.85. The Kier molecular flexibility index (Phi) is 3.83. The first kappa shape index (κ1) is 13.7. The molecule has 0 aliphatic heterocycles. The van der Waals surface area contributed by atoms with Crippen LogP contribution in [0.4, 0.5) is 0 Å². The second kappa shape index (κ2) is 5.60. The van der Waals surface area contributed by atoms with Gasteiger partial charge in [-0.1, -0.05) is 6.42 Å².